The summed E-state index contributed by atoms with van der Waals surface area (Å²) in [7, 11) is 0. The summed E-state index contributed by atoms with van der Waals surface area (Å²) in [6.45, 7) is 5.07. The van der Waals surface area contributed by atoms with Crippen molar-refractivity contribution in [2.24, 2.45) is 0 Å². The number of nitrogens with zero attached hydrogens (tertiary/aromatic N) is 2. The molecule has 2 aromatic rings. The molecule has 3 nitrogen and oxygen atoms in total. The number of fused-ring (bicyclic) bond motifs is 1. The molecule has 2 rings (SSSR count). The fourth-order valence-electron chi connectivity index (χ4n) is 2.06. The van der Waals surface area contributed by atoms with E-state index < -0.39 is 0 Å². The van der Waals surface area contributed by atoms with Gasteiger partial charge in [-0.05, 0) is 25.3 Å². The first-order valence-electron chi connectivity index (χ1n) is 6.51. The molecule has 0 amide bonds. The van der Waals surface area contributed by atoms with Crippen LogP contribution in [0.1, 0.15) is 19.0 Å². The number of benzene rings is 1. The molecular formula is C14H21N3S. The van der Waals surface area contributed by atoms with Gasteiger partial charge in [0.05, 0.1) is 17.8 Å². The van der Waals surface area contributed by atoms with Crippen molar-refractivity contribution in [3.05, 3.63) is 30.0 Å². The Hall–Kier alpha value is -1.00. The van der Waals surface area contributed by atoms with Gasteiger partial charge in [-0.3, -0.25) is 4.68 Å². The third kappa shape index (κ3) is 3.06. The zero-order valence-corrected chi connectivity index (χ0v) is 12.0. The van der Waals surface area contributed by atoms with Gasteiger partial charge in [0.2, 0.25) is 0 Å². The van der Waals surface area contributed by atoms with Gasteiger partial charge in [0, 0.05) is 17.7 Å². The quantitative estimate of drug-likeness (QED) is 0.779. The van der Waals surface area contributed by atoms with Gasteiger partial charge in [-0.25, -0.2) is 0 Å². The minimum atomic E-state index is 0.862. The Morgan fingerprint density at radius 1 is 1.33 bits per heavy atom. The monoisotopic (exact) mass is 263 g/mol. The smallest absolute Gasteiger partial charge is 0.0841 e. The molecule has 0 unspecified atom stereocenters. The van der Waals surface area contributed by atoms with Crippen molar-refractivity contribution in [2.75, 3.05) is 18.6 Å². The number of aromatic nitrogens is 2. The molecule has 18 heavy (non-hydrogen) atoms. The van der Waals surface area contributed by atoms with Crippen LogP contribution in [-0.4, -0.2) is 28.3 Å². The Labute approximate surface area is 113 Å². The number of nitrogens with one attached hydrogen (secondary N) is 1. The Kier molecular flexibility index (Phi) is 5.08. The highest BCUT2D eigenvalue weighted by atomic mass is 32.2. The Morgan fingerprint density at radius 2 is 2.17 bits per heavy atom. The number of hydrogen-bond donors (Lipinski definition) is 1. The van der Waals surface area contributed by atoms with E-state index >= 15 is 0 Å². The molecule has 98 valence electrons. The lowest BCUT2D eigenvalue weighted by molar-refractivity contribution is 0.630. The van der Waals surface area contributed by atoms with Crippen molar-refractivity contribution in [1.29, 1.82) is 0 Å². The van der Waals surface area contributed by atoms with Crippen molar-refractivity contribution < 1.29 is 0 Å². The Balaban J connectivity index is 2.23. The summed E-state index contributed by atoms with van der Waals surface area (Å²) < 4.78 is 2.13. The van der Waals surface area contributed by atoms with Crippen molar-refractivity contribution >= 4 is 22.7 Å². The van der Waals surface area contributed by atoms with Crippen molar-refractivity contribution in [2.45, 2.75) is 26.4 Å². The summed E-state index contributed by atoms with van der Waals surface area (Å²) in [4.78, 5) is 0. The molecule has 0 aliphatic rings. The number of hydrogen-bond acceptors (Lipinski definition) is 3. The van der Waals surface area contributed by atoms with Gasteiger partial charge in [0.1, 0.15) is 0 Å². The molecule has 0 fully saturated rings. The molecule has 0 spiro atoms. The summed E-state index contributed by atoms with van der Waals surface area (Å²) >= 11 is 1.86. The van der Waals surface area contributed by atoms with Crippen LogP contribution in [0.2, 0.25) is 0 Å². The summed E-state index contributed by atoms with van der Waals surface area (Å²) in [5, 5.41) is 9.45. The molecule has 1 aromatic heterocycles. The van der Waals surface area contributed by atoms with Crippen molar-refractivity contribution in [3.8, 4) is 0 Å². The molecule has 0 aliphatic heterocycles. The van der Waals surface area contributed by atoms with E-state index in [0.29, 0.717) is 0 Å². The maximum absolute atomic E-state index is 4.74. The predicted octanol–water partition coefficient (Wildman–Crippen LogP) is 2.90. The van der Waals surface area contributed by atoms with E-state index in [1.165, 1.54) is 16.6 Å². The van der Waals surface area contributed by atoms with Gasteiger partial charge in [-0.15, -0.1) is 0 Å². The largest absolute Gasteiger partial charge is 0.311 e. The average Bonchev–Trinajstić information content (AvgIpc) is 2.76. The van der Waals surface area contributed by atoms with Gasteiger partial charge >= 0.3 is 0 Å². The third-order valence-electron chi connectivity index (χ3n) is 2.96. The molecule has 1 heterocycles. The first kappa shape index (κ1) is 13.4. The lowest BCUT2D eigenvalue weighted by Gasteiger charge is -2.01. The summed E-state index contributed by atoms with van der Waals surface area (Å²) in [6.07, 6.45) is 3.29. The van der Waals surface area contributed by atoms with Gasteiger partial charge in [-0.2, -0.15) is 16.9 Å². The second-order valence-corrected chi connectivity index (χ2v) is 5.34. The number of para-hydroxylation sites is 1. The Morgan fingerprint density at radius 3 is 2.94 bits per heavy atom. The maximum atomic E-state index is 4.74. The highest BCUT2D eigenvalue weighted by Gasteiger charge is 2.08. The third-order valence-corrected chi connectivity index (χ3v) is 3.55. The molecule has 0 aliphatic carbocycles. The fourth-order valence-corrected chi connectivity index (χ4v) is 2.41. The summed E-state index contributed by atoms with van der Waals surface area (Å²) in [6, 6.07) is 8.50. The second kappa shape index (κ2) is 6.81. The molecule has 0 saturated carbocycles. The molecular weight excluding hydrogens is 242 g/mol. The molecule has 1 N–H and O–H groups in total. The first-order valence-corrected chi connectivity index (χ1v) is 7.90. The average molecular weight is 263 g/mol. The van der Waals surface area contributed by atoms with Crippen LogP contribution >= 0.6 is 11.8 Å². The zero-order chi connectivity index (χ0) is 12.8. The van der Waals surface area contributed by atoms with Crippen LogP contribution in [0.5, 0.6) is 0 Å². The second-order valence-electron chi connectivity index (χ2n) is 4.36. The van der Waals surface area contributed by atoms with Crippen LogP contribution < -0.4 is 5.32 Å². The summed E-state index contributed by atoms with van der Waals surface area (Å²) in [5.41, 5.74) is 2.42. The van der Waals surface area contributed by atoms with E-state index in [1.54, 1.807) is 0 Å². The standard InChI is InChI=1S/C14H21N3S/c1-3-8-15-11-13-12-6-4-5-7-14(12)17(16-13)9-10-18-2/h4-7,15H,3,8-11H2,1-2H3. The molecule has 0 bridgehead atoms. The van der Waals surface area contributed by atoms with Gasteiger partial charge in [0.15, 0.2) is 0 Å². The molecule has 0 radical (unpaired) electrons. The van der Waals surface area contributed by atoms with Crippen molar-refractivity contribution in [3.63, 3.8) is 0 Å². The highest BCUT2D eigenvalue weighted by molar-refractivity contribution is 7.98. The van der Waals surface area contributed by atoms with E-state index in [2.05, 4.69) is 47.4 Å². The molecule has 0 atom stereocenters. The maximum Gasteiger partial charge on any atom is 0.0841 e. The number of thioether (sulfide) groups is 1. The normalized spacial score (nSPS) is 11.2. The highest BCUT2D eigenvalue weighted by Crippen LogP contribution is 2.18. The topological polar surface area (TPSA) is 29.9 Å². The molecule has 1 aromatic carbocycles. The Bertz CT molecular complexity index is 493. The SMILES string of the molecule is CCCNCc1nn(CCSC)c2ccccc12. The molecule has 0 saturated heterocycles. The number of rotatable bonds is 7. The van der Waals surface area contributed by atoms with E-state index in [0.717, 1.165) is 31.8 Å². The van der Waals surface area contributed by atoms with Crippen LogP contribution in [0.4, 0.5) is 0 Å². The molecule has 4 heteroatoms. The fraction of sp³-hybridized carbons (Fsp3) is 0.500. The minimum Gasteiger partial charge on any atom is -0.311 e. The lowest BCUT2D eigenvalue weighted by atomic mass is 10.2. The minimum absolute atomic E-state index is 0.862. The number of aryl methyl sites for hydroxylation is 1. The van der Waals surface area contributed by atoms with Crippen molar-refractivity contribution in [1.82, 2.24) is 15.1 Å². The van der Waals surface area contributed by atoms with Crippen LogP contribution in [-0.2, 0) is 13.1 Å². The van der Waals surface area contributed by atoms with Crippen LogP contribution in [0.3, 0.4) is 0 Å². The van der Waals surface area contributed by atoms with Gasteiger partial charge < -0.3 is 5.32 Å². The first-order chi connectivity index (χ1) is 8.86. The lowest BCUT2D eigenvalue weighted by Crippen LogP contribution is -2.14. The predicted molar refractivity (Wildman–Crippen MR) is 80.1 cm³/mol. The van der Waals surface area contributed by atoms with E-state index in [1.807, 2.05) is 11.8 Å². The van der Waals surface area contributed by atoms with E-state index in [9.17, 15) is 0 Å². The van der Waals surface area contributed by atoms with Crippen LogP contribution in [0.25, 0.3) is 10.9 Å². The summed E-state index contributed by atoms with van der Waals surface area (Å²) in [5.74, 6) is 1.10. The van der Waals surface area contributed by atoms with E-state index in [4.69, 9.17) is 5.10 Å². The van der Waals surface area contributed by atoms with E-state index in [-0.39, 0.29) is 0 Å². The van der Waals surface area contributed by atoms with Crippen LogP contribution in [0.15, 0.2) is 24.3 Å². The van der Waals surface area contributed by atoms with Gasteiger partial charge in [0.25, 0.3) is 0 Å². The van der Waals surface area contributed by atoms with Gasteiger partial charge in [-0.1, -0.05) is 25.1 Å². The zero-order valence-electron chi connectivity index (χ0n) is 11.1. The van der Waals surface area contributed by atoms with Crippen LogP contribution in [0, 0.1) is 0 Å².